The van der Waals surface area contributed by atoms with Crippen LogP contribution in [-0.4, -0.2) is 56.6 Å². The molecule has 1 saturated heterocycles. The molecule has 1 aromatic carbocycles. The van der Waals surface area contributed by atoms with Gasteiger partial charge in [-0.2, -0.15) is 0 Å². The van der Waals surface area contributed by atoms with Crippen LogP contribution in [0.25, 0.3) is 16.6 Å². The number of amides is 1. The van der Waals surface area contributed by atoms with Crippen molar-refractivity contribution >= 4 is 28.4 Å². The summed E-state index contributed by atoms with van der Waals surface area (Å²) in [5.41, 5.74) is 3.02. The SMILES string of the molecule is CCN(CC)C(=O)C1CCCN(c2nc3ccc(C)cc3c3nnc(C4CC4)n23)C1. The standard InChI is InChI=1S/C23H30N6O/c1-4-27(5-2)22(30)17-7-6-12-28(14-17)23-24-19-11-8-15(3)13-18(19)21-26-25-20(29(21)23)16-9-10-16/h8,11,13,16-17H,4-7,9-10,12,14H2,1-3H3. The van der Waals surface area contributed by atoms with E-state index in [2.05, 4.69) is 58.5 Å². The van der Waals surface area contributed by atoms with Gasteiger partial charge in [0, 0.05) is 37.5 Å². The molecule has 3 aromatic rings. The molecule has 7 nitrogen and oxygen atoms in total. The summed E-state index contributed by atoms with van der Waals surface area (Å²) in [5.74, 6) is 2.67. The van der Waals surface area contributed by atoms with Gasteiger partial charge in [-0.3, -0.25) is 4.79 Å². The summed E-state index contributed by atoms with van der Waals surface area (Å²) in [7, 11) is 0. The molecule has 2 aliphatic rings. The summed E-state index contributed by atoms with van der Waals surface area (Å²) >= 11 is 0. The summed E-state index contributed by atoms with van der Waals surface area (Å²) < 4.78 is 2.17. The van der Waals surface area contributed by atoms with E-state index < -0.39 is 0 Å². The lowest BCUT2D eigenvalue weighted by atomic mass is 9.96. The number of anilines is 1. The minimum absolute atomic E-state index is 0.0186. The zero-order valence-corrected chi connectivity index (χ0v) is 18.1. The Morgan fingerprint density at radius 3 is 2.70 bits per heavy atom. The lowest BCUT2D eigenvalue weighted by Crippen LogP contribution is -2.45. The number of carbonyl (C=O) groups excluding carboxylic acids is 1. The molecule has 0 radical (unpaired) electrons. The van der Waals surface area contributed by atoms with Gasteiger partial charge in [0.1, 0.15) is 5.82 Å². The highest BCUT2D eigenvalue weighted by Crippen LogP contribution is 2.41. The number of aromatic nitrogens is 4. The molecule has 0 N–H and O–H groups in total. The van der Waals surface area contributed by atoms with Crippen LogP contribution < -0.4 is 4.90 Å². The number of hydrogen-bond acceptors (Lipinski definition) is 5. The van der Waals surface area contributed by atoms with Gasteiger partial charge < -0.3 is 9.80 Å². The topological polar surface area (TPSA) is 66.6 Å². The van der Waals surface area contributed by atoms with Crippen LogP contribution in [0.1, 0.15) is 56.8 Å². The van der Waals surface area contributed by atoms with Crippen molar-refractivity contribution in [3.8, 4) is 0 Å². The van der Waals surface area contributed by atoms with E-state index in [9.17, 15) is 4.79 Å². The predicted octanol–water partition coefficient (Wildman–Crippen LogP) is 3.55. The fraction of sp³-hybridized carbons (Fsp3) is 0.565. The highest BCUT2D eigenvalue weighted by atomic mass is 16.2. The monoisotopic (exact) mass is 406 g/mol. The molecule has 1 amide bonds. The molecule has 1 aliphatic heterocycles. The Morgan fingerprint density at radius 2 is 1.97 bits per heavy atom. The summed E-state index contributed by atoms with van der Waals surface area (Å²) in [6.07, 6.45) is 4.26. The molecule has 1 atom stereocenters. The first-order chi connectivity index (χ1) is 14.6. The first-order valence-corrected chi connectivity index (χ1v) is 11.3. The fourth-order valence-electron chi connectivity index (χ4n) is 4.72. The molecule has 2 aromatic heterocycles. The van der Waals surface area contributed by atoms with Gasteiger partial charge in [-0.05, 0) is 58.6 Å². The molecular formula is C23H30N6O. The molecule has 30 heavy (non-hydrogen) atoms. The second-order valence-corrected chi connectivity index (χ2v) is 8.72. The van der Waals surface area contributed by atoms with Gasteiger partial charge in [0.2, 0.25) is 11.9 Å². The van der Waals surface area contributed by atoms with E-state index >= 15 is 0 Å². The van der Waals surface area contributed by atoms with Crippen molar-refractivity contribution in [3.05, 3.63) is 29.6 Å². The Hall–Kier alpha value is -2.70. The number of aryl methyl sites for hydroxylation is 1. The Kier molecular flexibility index (Phi) is 4.83. The lowest BCUT2D eigenvalue weighted by Gasteiger charge is -2.35. The van der Waals surface area contributed by atoms with Crippen LogP contribution in [0.15, 0.2) is 18.2 Å². The summed E-state index contributed by atoms with van der Waals surface area (Å²) in [6, 6.07) is 6.31. The van der Waals surface area contributed by atoms with E-state index in [-0.39, 0.29) is 11.8 Å². The Morgan fingerprint density at radius 1 is 1.17 bits per heavy atom. The second kappa shape index (κ2) is 7.52. The van der Waals surface area contributed by atoms with Crippen molar-refractivity contribution in [2.75, 3.05) is 31.1 Å². The van der Waals surface area contributed by atoms with Crippen molar-refractivity contribution in [1.29, 1.82) is 0 Å². The van der Waals surface area contributed by atoms with Gasteiger partial charge in [0.05, 0.1) is 11.4 Å². The average molecular weight is 407 g/mol. The molecule has 3 heterocycles. The fourth-order valence-corrected chi connectivity index (χ4v) is 4.72. The Labute approximate surface area is 177 Å². The van der Waals surface area contributed by atoms with Crippen molar-refractivity contribution in [2.24, 2.45) is 5.92 Å². The van der Waals surface area contributed by atoms with Gasteiger partial charge in [-0.1, -0.05) is 11.6 Å². The third kappa shape index (κ3) is 3.20. The molecule has 1 saturated carbocycles. The van der Waals surface area contributed by atoms with Gasteiger partial charge in [-0.25, -0.2) is 9.38 Å². The van der Waals surface area contributed by atoms with Crippen LogP contribution in [0.4, 0.5) is 5.95 Å². The molecule has 2 fully saturated rings. The summed E-state index contributed by atoms with van der Waals surface area (Å²) in [6.45, 7) is 9.34. The number of carbonyl (C=O) groups is 1. The van der Waals surface area contributed by atoms with Crippen molar-refractivity contribution in [1.82, 2.24) is 24.5 Å². The van der Waals surface area contributed by atoms with E-state index in [0.717, 1.165) is 73.6 Å². The predicted molar refractivity (Wildman–Crippen MR) is 118 cm³/mol. The van der Waals surface area contributed by atoms with Gasteiger partial charge in [0.15, 0.2) is 5.65 Å². The minimum Gasteiger partial charge on any atom is -0.343 e. The molecule has 7 heteroatoms. The van der Waals surface area contributed by atoms with Gasteiger partial charge in [-0.15, -0.1) is 10.2 Å². The number of rotatable bonds is 5. The van der Waals surface area contributed by atoms with Crippen molar-refractivity contribution < 1.29 is 4.79 Å². The zero-order chi connectivity index (χ0) is 20.8. The van der Waals surface area contributed by atoms with Crippen LogP contribution in [0.5, 0.6) is 0 Å². The number of nitrogens with zero attached hydrogens (tertiary/aromatic N) is 6. The maximum absolute atomic E-state index is 13.0. The summed E-state index contributed by atoms with van der Waals surface area (Å²) in [4.78, 5) is 22.3. The maximum atomic E-state index is 13.0. The van der Waals surface area contributed by atoms with Gasteiger partial charge in [0.25, 0.3) is 0 Å². The molecule has 0 bridgehead atoms. The lowest BCUT2D eigenvalue weighted by molar-refractivity contribution is -0.135. The molecule has 1 aliphatic carbocycles. The third-order valence-electron chi connectivity index (χ3n) is 6.57. The van der Waals surface area contributed by atoms with E-state index in [1.165, 1.54) is 5.56 Å². The second-order valence-electron chi connectivity index (χ2n) is 8.72. The van der Waals surface area contributed by atoms with Crippen molar-refractivity contribution in [2.45, 2.75) is 52.4 Å². The van der Waals surface area contributed by atoms with Crippen LogP contribution in [-0.2, 0) is 4.79 Å². The van der Waals surface area contributed by atoms with Crippen LogP contribution >= 0.6 is 0 Å². The molecule has 1 unspecified atom stereocenters. The quantitative estimate of drug-likeness (QED) is 0.648. The van der Waals surface area contributed by atoms with E-state index in [1.54, 1.807) is 0 Å². The van der Waals surface area contributed by atoms with E-state index in [4.69, 9.17) is 4.98 Å². The first-order valence-electron chi connectivity index (χ1n) is 11.3. The normalized spacial score (nSPS) is 19.6. The van der Waals surface area contributed by atoms with Crippen molar-refractivity contribution in [3.63, 3.8) is 0 Å². The van der Waals surface area contributed by atoms with Crippen LogP contribution in [0.3, 0.4) is 0 Å². The highest BCUT2D eigenvalue weighted by Gasteiger charge is 2.34. The Bertz CT molecular complexity index is 1100. The number of benzene rings is 1. The molecule has 5 rings (SSSR count). The highest BCUT2D eigenvalue weighted by molar-refractivity contribution is 5.93. The summed E-state index contributed by atoms with van der Waals surface area (Å²) in [5, 5.41) is 10.2. The third-order valence-corrected chi connectivity index (χ3v) is 6.57. The van der Waals surface area contributed by atoms with E-state index in [1.807, 2.05) is 4.90 Å². The molecule has 0 spiro atoms. The zero-order valence-electron chi connectivity index (χ0n) is 18.1. The van der Waals surface area contributed by atoms with Gasteiger partial charge >= 0.3 is 0 Å². The maximum Gasteiger partial charge on any atom is 0.227 e. The first kappa shape index (κ1) is 19.3. The minimum atomic E-state index is 0.0186. The molecule has 158 valence electrons. The van der Waals surface area contributed by atoms with Crippen LogP contribution in [0.2, 0.25) is 0 Å². The Balaban J connectivity index is 1.59. The number of piperidine rings is 1. The van der Waals surface area contributed by atoms with Crippen LogP contribution in [0, 0.1) is 12.8 Å². The van der Waals surface area contributed by atoms with E-state index in [0.29, 0.717) is 12.5 Å². The number of fused-ring (bicyclic) bond motifs is 3. The average Bonchev–Trinajstić information content (AvgIpc) is 3.52. The smallest absolute Gasteiger partial charge is 0.227 e. The number of hydrogen-bond donors (Lipinski definition) is 0. The molecular weight excluding hydrogens is 376 g/mol. The largest absolute Gasteiger partial charge is 0.343 e.